The van der Waals surface area contributed by atoms with Crippen LogP contribution >= 0.6 is 0 Å². The first-order chi connectivity index (χ1) is 14.3. The highest BCUT2D eigenvalue weighted by molar-refractivity contribution is 7.92. The third kappa shape index (κ3) is 5.28. The fraction of sp³-hybridized carbons (Fsp3) is 0.227. The minimum absolute atomic E-state index is 0.0202. The summed E-state index contributed by atoms with van der Waals surface area (Å²) in [6.45, 7) is 2.20. The molecule has 8 heteroatoms. The number of nitrogens with zero attached hydrogens (tertiary/aromatic N) is 1. The SMILES string of the molecule is Cc1cccc(NS(=O)(=O)c2cccc(C(=O)NC[C@H](c3ccco3)N(C)C)c2)c1. The van der Waals surface area contributed by atoms with Crippen LogP contribution in [-0.4, -0.2) is 39.9 Å². The lowest BCUT2D eigenvalue weighted by atomic mass is 10.2. The van der Waals surface area contributed by atoms with Gasteiger partial charge in [0.15, 0.2) is 0 Å². The lowest BCUT2D eigenvalue weighted by Crippen LogP contribution is -2.34. The smallest absolute Gasteiger partial charge is 0.261 e. The van der Waals surface area contributed by atoms with Gasteiger partial charge in [-0.15, -0.1) is 0 Å². The summed E-state index contributed by atoms with van der Waals surface area (Å²) in [6.07, 6.45) is 1.59. The van der Waals surface area contributed by atoms with Crippen LogP contribution < -0.4 is 10.0 Å². The molecule has 0 bridgehead atoms. The van der Waals surface area contributed by atoms with E-state index in [1.807, 2.05) is 38.1 Å². The number of hydrogen-bond donors (Lipinski definition) is 2. The molecule has 0 aliphatic rings. The Morgan fingerprint density at radius 3 is 2.50 bits per heavy atom. The Labute approximate surface area is 176 Å². The van der Waals surface area contributed by atoms with Crippen LogP contribution in [0.1, 0.15) is 27.7 Å². The van der Waals surface area contributed by atoms with Crippen molar-refractivity contribution in [2.75, 3.05) is 25.4 Å². The van der Waals surface area contributed by atoms with E-state index >= 15 is 0 Å². The second-order valence-electron chi connectivity index (χ2n) is 7.21. The molecule has 0 aliphatic carbocycles. The number of furan rings is 1. The number of carbonyl (C=O) groups excluding carboxylic acids is 1. The monoisotopic (exact) mass is 427 g/mol. The normalized spacial score (nSPS) is 12.5. The van der Waals surface area contributed by atoms with Gasteiger partial charge in [-0.2, -0.15) is 0 Å². The number of benzene rings is 2. The predicted molar refractivity (Wildman–Crippen MR) is 116 cm³/mol. The van der Waals surface area contributed by atoms with Gasteiger partial charge in [0, 0.05) is 17.8 Å². The fourth-order valence-electron chi connectivity index (χ4n) is 3.04. The number of rotatable bonds is 8. The highest BCUT2D eigenvalue weighted by Crippen LogP contribution is 2.20. The van der Waals surface area contributed by atoms with Crippen molar-refractivity contribution >= 4 is 21.6 Å². The van der Waals surface area contributed by atoms with Gasteiger partial charge in [-0.1, -0.05) is 18.2 Å². The average Bonchev–Trinajstić information content (AvgIpc) is 3.22. The molecular formula is C22H25N3O4S. The molecule has 0 saturated heterocycles. The molecule has 0 fully saturated rings. The summed E-state index contributed by atoms with van der Waals surface area (Å²) < 4.78 is 33.5. The lowest BCUT2D eigenvalue weighted by molar-refractivity contribution is 0.0939. The van der Waals surface area contributed by atoms with E-state index in [2.05, 4.69) is 10.0 Å². The van der Waals surface area contributed by atoms with Gasteiger partial charge in [0.25, 0.3) is 15.9 Å². The van der Waals surface area contributed by atoms with Gasteiger partial charge >= 0.3 is 0 Å². The number of sulfonamides is 1. The maximum Gasteiger partial charge on any atom is 0.261 e. The number of carbonyl (C=O) groups is 1. The van der Waals surface area contributed by atoms with Crippen LogP contribution in [0.15, 0.2) is 76.2 Å². The zero-order chi connectivity index (χ0) is 21.7. The van der Waals surface area contributed by atoms with Crippen LogP contribution in [0.4, 0.5) is 5.69 Å². The molecule has 1 amide bonds. The van der Waals surface area contributed by atoms with Gasteiger partial charge < -0.3 is 9.73 Å². The number of aryl methyl sites for hydroxylation is 1. The molecule has 1 atom stereocenters. The van der Waals surface area contributed by atoms with Crippen molar-refractivity contribution in [3.05, 3.63) is 83.8 Å². The summed E-state index contributed by atoms with van der Waals surface area (Å²) in [6, 6.07) is 16.5. The van der Waals surface area contributed by atoms with Crippen molar-refractivity contribution in [3.63, 3.8) is 0 Å². The summed E-state index contributed by atoms with van der Waals surface area (Å²) in [7, 11) is -0.0348. The van der Waals surface area contributed by atoms with Gasteiger partial charge in [-0.05, 0) is 69.0 Å². The molecule has 0 radical (unpaired) electrons. The van der Waals surface area contributed by atoms with Crippen LogP contribution in [0.2, 0.25) is 0 Å². The minimum atomic E-state index is -3.82. The number of likely N-dealkylation sites (N-methyl/N-ethyl adjacent to an activating group) is 1. The summed E-state index contributed by atoms with van der Waals surface area (Å²) in [5.74, 6) is 0.375. The Hall–Kier alpha value is -3.10. The first-order valence-electron chi connectivity index (χ1n) is 9.44. The van der Waals surface area contributed by atoms with Gasteiger partial charge in [0.2, 0.25) is 0 Å². The molecule has 30 heavy (non-hydrogen) atoms. The topological polar surface area (TPSA) is 91.6 Å². The van der Waals surface area contributed by atoms with E-state index in [1.54, 1.807) is 42.7 Å². The van der Waals surface area contributed by atoms with Crippen LogP contribution in [0.3, 0.4) is 0 Å². The molecule has 0 spiro atoms. The Balaban J connectivity index is 1.73. The first kappa shape index (κ1) is 21.6. The highest BCUT2D eigenvalue weighted by atomic mass is 32.2. The van der Waals surface area contributed by atoms with E-state index in [9.17, 15) is 13.2 Å². The molecule has 2 aromatic carbocycles. The predicted octanol–water partition coefficient (Wildman–Crippen LogP) is 3.42. The molecule has 1 heterocycles. The van der Waals surface area contributed by atoms with Gasteiger partial charge in [-0.3, -0.25) is 14.4 Å². The summed E-state index contributed by atoms with van der Waals surface area (Å²) >= 11 is 0. The zero-order valence-electron chi connectivity index (χ0n) is 17.1. The standard InChI is InChI=1S/C22H25N3O4S/c1-16-7-4-9-18(13-16)24-30(27,28)19-10-5-8-17(14-19)22(26)23-15-20(25(2)3)21-11-6-12-29-21/h4-14,20,24H,15H2,1-3H3,(H,23,26)/t20-/m1/s1. The zero-order valence-corrected chi connectivity index (χ0v) is 17.9. The van der Waals surface area contributed by atoms with Crippen molar-refractivity contribution in [2.45, 2.75) is 17.9 Å². The molecular weight excluding hydrogens is 402 g/mol. The Morgan fingerprint density at radius 1 is 1.07 bits per heavy atom. The summed E-state index contributed by atoms with van der Waals surface area (Å²) in [4.78, 5) is 14.6. The van der Waals surface area contributed by atoms with Gasteiger partial charge in [-0.25, -0.2) is 8.42 Å². The quantitative estimate of drug-likeness (QED) is 0.575. The van der Waals surface area contributed by atoms with Gasteiger partial charge in [0.1, 0.15) is 5.76 Å². The average molecular weight is 428 g/mol. The van der Waals surface area contributed by atoms with E-state index in [1.165, 1.54) is 12.1 Å². The Kier molecular flexibility index (Phi) is 6.59. The van der Waals surface area contributed by atoms with E-state index in [0.29, 0.717) is 12.2 Å². The molecule has 0 aliphatic heterocycles. The molecule has 3 aromatic rings. The first-order valence-corrected chi connectivity index (χ1v) is 10.9. The second kappa shape index (κ2) is 9.15. The number of hydrogen-bond acceptors (Lipinski definition) is 5. The van der Waals surface area contributed by atoms with Crippen molar-refractivity contribution in [2.24, 2.45) is 0 Å². The summed E-state index contributed by atoms with van der Waals surface area (Å²) in [5.41, 5.74) is 1.67. The Morgan fingerprint density at radius 2 is 1.83 bits per heavy atom. The molecule has 2 N–H and O–H groups in total. The van der Waals surface area contributed by atoms with Crippen molar-refractivity contribution < 1.29 is 17.6 Å². The van der Waals surface area contributed by atoms with Crippen LogP contribution in [0, 0.1) is 6.92 Å². The third-order valence-electron chi connectivity index (χ3n) is 4.63. The molecule has 158 valence electrons. The van der Waals surface area contributed by atoms with E-state index in [4.69, 9.17) is 4.42 Å². The van der Waals surface area contributed by atoms with Crippen LogP contribution in [-0.2, 0) is 10.0 Å². The Bertz CT molecular complexity index is 1110. The summed E-state index contributed by atoms with van der Waals surface area (Å²) in [5, 5.41) is 2.85. The lowest BCUT2D eigenvalue weighted by Gasteiger charge is -2.22. The van der Waals surface area contributed by atoms with Crippen molar-refractivity contribution in [1.29, 1.82) is 0 Å². The van der Waals surface area contributed by atoms with Crippen LogP contribution in [0.25, 0.3) is 0 Å². The third-order valence-corrected chi connectivity index (χ3v) is 6.01. The maximum atomic E-state index is 12.7. The second-order valence-corrected chi connectivity index (χ2v) is 8.89. The van der Waals surface area contributed by atoms with Crippen LogP contribution in [0.5, 0.6) is 0 Å². The minimum Gasteiger partial charge on any atom is -0.468 e. The van der Waals surface area contributed by atoms with Crippen molar-refractivity contribution in [3.8, 4) is 0 Å². The van der Waals surface area contributed by atoms with Gasteiger partial charge in [0.05, 0.1) is 17.2 Å². The van der Waals surface area contributed by atoms with Crippen molar-refractivity contribution in [1.82, 2.24) is 10.2 Å². The fourth-order valence-corrected chi connectivity index (χ4v) is 4.13. The van der Waals surface area contributed by atoms with E-state index in [0.717, 1.165) is 11.3 Å². The molecule has 1 aromatic heterocycles. The number of nitrogens with one attached hydrogen (secondary N) is 2. The molecule has 3 rings (SSSR count). The molecule has 7 nitrogen and oxygen atoms in total. The molecule has 0 saturated carbocycles. The maximum absolute atomic E-state index is 12.7. The number of amides is 1. The largest absolute Gasteiger partial charge is 0.468 e. The number of anilines is 1. The molecule has 0 unspecified atom stereocenters. The van der Waals surface area contributed by atoms with E-state index in [-0.39, 0.29) is 22.4 Å². The van der Waals surface area contributed by atoms with E-state index < -0.39 is 10.0 Å². The highest BCUT2D eigenvalue weighted by Gasteiger charge is 2.20.